The standard InChI is InChI=1S/C33H25F2N3O6S.C31H21F2N3O6S.CH4O.CH4/c1-5-8-19(9-7-14-34)32-30(33(39)42-3)22-15-21(26(17-29(22)44-32)37(2)45(4,40)41)24-12-13-28-31(36-24)27-16-20-23(35)10-6-11-25(20)38(27)18-43-28;1-35(43(2,39)40)24-14-27-20(28(31(37)38)30(42-27)16-6-8-17(32)9-7-16)12-19(24)22-10-11-26-29(34-22)25-13-18-21(33)4-3-5-23(18)36(25)15-41-26;1-2;/h1,6-13,15-17H,14,18H2,2-4H3;3-14H,15H2,1-2H3,(H,37,38);2H,1H3;1H4/b9-7-,19-8+;;;. The van der Waals surface area contributed by atoms with Gasteiger partial charge in [-0.25, -0.2) is 54.0 Å². The molecular formula is C66H54F4N6O13S2. The first-order valence-corrected chi connectivity index (χ1v) is 30.6. The maximum Gasteiger partial charge on any atom is 0.342 e. The van der Waals surface area contributed by atoms with Gasteiger partial charge in [-0.1, -0.05) is 37.6 Å². The lowest BCUT2D eigenvalue weighted by atomic mass is 10.0. The van der Waals surface area contributed by atoms with E-state index in [1.54, 1.807) is 75.9 Å². The van der Waals surface area contributed by atoms with E-state index >= 15 is 0 Å². The number of carboxylic acid groups (broad SMARTS) is 1. The maximum atomic E-state index is 14.7. The number of pyridine rings is 2. The topological polar surface area (TPSA) is 239 Å². The summed E-state index contributed by atoms with van der Waals surface area (Å²) >= 11 is 0. The number of carbonyl (C=O) groups is 2. The van der Waals surface area contributed by atoms with E-state index in [2.05, 4.69) is 5.92 Å². The van der Waals surface area contributed by atoms with Gasteiger partial charge < -0.3 is 42.4 Å². The third-order valence-corrected chi connectivity index (χ3v) is 17.5. The van der Waals surface area contributed by atoms with Gasteiger partial charge >= 0.3 is 11.9 Å². The average Bonchev–Trinajstić information content (AvgIpc) is 1.70. The molecule has 19 nitrogen and oxygen atoms in total. The Morgan fingerprint density at radius 3 is 1.63 bits per heavy atom. The van der Waals surface area contributed by atoms with Gasteiger partial charge in [0, 0.05) is 77.1 Å². The Balaban J connectivity index is 0.000000193. The summed E-state index contributed by atoms with van der Waals surface area (Å²) in [5.41, 5.74) is 5.62. The molecule has 25 heteroatoms. The minimum atomic E-state index is -3.79. The fourth-order valence-corrected chi connectivity index (χ4v) is 11.8. The van der Waals surface area contributed by atoms with E-state index in [9.17, 15) is 49.1 Å². The van der Waals surface area contributed by atoms with Gasteiger partial charge in [0.05, 0.1) is 64.8 Å². The highest BCUT2D eigenvalue weighted by atomic mass is 32.2. The number of terminal acetylenes is 1. The number of aliphatic hydroxyl groups excluding tert-OH is 1. The molecule has 2 N–H and O–H groups in total. The number of halogens is 4. The van der Waals surface area contributed by atoms with Crippen molar-refractivity contribution in [3.63, 3.8) is 0 Å². The van der Waals surface area contributed by atoms with Crippen molar-refractivity contribution in [2.24, 2.45) is 0 Å². The smallest absolute Gasteiger partial charge is 0.342 e. The summed E-state index contributed by atoms with van der Waals surface area (Å²) in [5.74, 6) is -0.0472. The lowest BCUT2D eigenvalue weighted by molar-refractivity contribution is 0.0600. The zero-order valence-electron chi connectivity index (χ0n) is 48.4. The first-order valence-electron chi connectivity index (χ1n) is 26.9. The van der Waals surface area contributed by atoms with E-state index in [0.29, 0.717) is 84.2 Å². The lowest BCUT2D eigenvalue weighted by Gasteiger charge is -2.23. The molecule has 0 saturated carbocycles. The van der Waals surface area contributed by atoms with Crippen LogP contribution in [0.4, 0.5) is 28.9 Å². The third kappa shape index (κ3) is 11.4. The second kappa shape index (κ2) is 24.7. The molecule has 0 atom stereocenters. The molecule has 0 fully saturated rings. The number of allylic oxidation sites excluding steroid dienone is 4. The number of aliphatic hydroxyl groups is 1. The molecule has 91 heavy (non-hydrogen) atoms. The van der Waals surface area contributed by atoms with Gasteiger partial charge in [0.25, 0.3) is 0 Å². The number of furan rings is 2. The molecule has 0 spiro atoms. The molecule has 0 bridgehead atoms. The number of carbonyl (C=O) groups excluding carboxylic acids is 1. The van der Waals surface area contributed by atoms with Crippen molar-refractivity contribution in [1.29, 1.82) is 0 Å². The Kier molecular flexibility index (Phi) is 17.2. The summed E-state index contributed by atoms with van der Waals surface area (Å²) in [6, 6.07) is 30.7. The highest BCUT2D eigenvalue weighted by molar-refractivity contribution is 7.92. The summed E-state index contributed by atoms with van der Waals surface area (Å²) in [5, 5.41) is 18.5. The number of anilines is 2. The van der Waals surface area contributed by atoms with Crippen LogP contribution in [0.15, 0.2) is 148 Å². The Bertz CT molecular complexity index is 5120. The predicted octanol–water partition coefficient (Wildman–Crippen LogP) is 13.1. The molecule has 0 unspecified atom stereocenters. The van der Waals surface area contributed by atoms with Crippen molar-refractivity contribution in [2.75, 3.05) is 56.1 Å². The third-order valence-electron chi connectivity index (χ3n) is 15.1. The SMILES string of the molecule is C.C#C/C=C(\C=C/CF)c1oc2cc(N(C)S(C)(=O)=O)c(-c3ccc4c(n3)-c3cc5c(F)cccc5n3CO4)cc2c1C(=O)OC.CN(c1cc2oc(-c3ccc(F)cc3)c(C(=O)O)c2cc1-c1ccc2c(n1)-c1cc3c(F)cccc3n1CO2)S(C)(=O)=O.CO. The largest absolute Gasteiger partial charge is 0.478 e. The molecule has 6 aromatic heterocycles. The van der Waals surface area contributed by atoms with E-state index in [4.69, 9.17) is 44.5 Å². The van der Waals surface area contributed by atoms with E-state index in [1.807, 2.05) is 0 Å². The number of aromatic nitrogens is 4. The van der Waals surface area contributed by atoms with Gasteiger partial charge in [0.2, 0.25) is 20.0 Å². The number of carboxylic acids is 1. The molecule has 0 radical (unpaired) electrons. The van der Waals surface area contributed by atoms with Gasteiger partial charge in [0.1, 0.15) is 75.1 Å². The van der Waals surface area contributed by atoms with Crippen molar-refractivity contribution in [1.82, 2.24) is 19.1 Å². The molecule has 2 aliphatic heterocycles. The number of nitrogens with zero attached hydrogens (tertiary/aromatic N) is 6. The number of rotatable bonds is 12. The zero-order valence-corrected chi connectivity index (χ0v) is 50.0. The molecule has 466 valence electrons. The molecule has 0 saturated heterocycles. The van der Waals surface area contributed by atoms with Gasteiger partial charge in [0.15, 0.2) is 19.2 Å². The molecule has 0 aliphatic carbocycles. The van der Waals surface area contributed by atoms with Gasteiger partial charge in [-0.05, 0) is 103 Å². The van der Waals surface area contributed by atoms with Crippen LogP contribution in [0.1, 0.15) is 33.9 Å². The summed E-state index contributed by atoms with van der Waals surface area (Å²) in [4.78, 5) is 35.3. The monoisotopic (exact) mass is 1280 g/mol. The normalized spacial score (nSPS) is 12.5. The number of methoxy groups -OCH3 is 1. The fourth-order valence-electron chi connectivity index (χ4n) is 10.8. The van der Waals surface area contributed by atoms with Crippen LogP contribution in [-0.2, 0) is 38.2 Å². The molecule has 11 aromatic rings. The first-order chi connectivity index (χ1) is 43.1. The number of aromatic carboxylic acids is 1. The van der Waals surface area contributed by atoms with Gasteiger partial charge in [-0.2, -0.15) is 0 Å². The quantitative estimate of drug-likeness (QED) is 0.0500. The average molecular weight is 1280 g/mol. The molecule has 5 aromatic carbocycles. The number of benzene rings is 5. The van der Waals surface area contributed by atoms with Crippen molar-refractivity contribution >= 4 is 92.7 Å². The predicted molar refractivity (Wildman–Crippen MR) is 339 cm³/mol. The minimum absolute atomic E-state index is 0. The van der Waals surface area contributed by atoms with Crippen molar-refractivity contribution < 1.29 is 77.2 Å². The zero-order chi connectivity index (χ0) is 64.2. The number of esters is 1. The van der Waals surface area contributed by atoms with Crippen LogP contribution >= 0.6 is 0 Å². The van der Waals surface area contributed by atoms with Crippen LogP contribution < -0.4 is 18.1 Å². The first kappa shape index (κ1) is 63.3. The number of hydrogen-bond donors (Lipinski definition) is 2. The Morgan fingerprint density at radius 2 is 1.18 bits per heavy atom. The number of sulfonamides is 2. The van der Waals surface area contributed by atoms with Crippen LogP contribution in [0.25, 0.3) is 106 Å². The summed E-state index contributed by atoms with van der Waals surface area (Å²) < 4.78 is 142. The summed E-state index contributed by atoms with van der Waals surface area (Å²) in [6.45, 7) is -0.495. The summed E-state index contributed by atoms with van der Waals surface area (Å²) in [6.07, 6.45) is 11.5. The van der Waals surface area contributed by atoms with Gasteiger partial charge in [-0.15, -0.1) is 6.42 Å². The number of alkyl halides is 1. The molecule has 13 rings (SSSR count). The second-order valence-corrected chi connectivity index (χ2v) is 24.4. The Labute approximate surface area is 518 Å². The number of ether oxygens (including phenoxy) is 3. The van der Waals surface area contributed by atoms with Crippen LogP contribution in [0.3, 0.4) is 0 Å². The molecule has 2 aliphatic rings. The highest BCUT2D eigenvalue weighted by Crippen LogP contribution is 2.46. The van der Waals surface area contributed by atoms with E-state index in [0.717, 1.165) is 28.2 Å². The van der Waals surface area contributed by atoms with Crippen LogP contribution in [-0.4, -0.2) is 106 Å². The van der Waals surface area contributed by atoms with Gasteiger partial charge in [-0.3, -0.25) is 8.61 Å². The van der Waals surface area contributed by atoms with E-state index in [-0.39, 0.29) is 88.2 Å². The Morgan fingerprint density at radius 1 is 0.692 bits per heavy atom. The lowest BCUT2D eigenvalue weighted by Crippen LogP contribution is -2.25. The molecule has 8 heterocycles. The summed E-state index contributed by atoms with van der Waals surface area (Å²) in [7, 11) is -2.64. The van der Waals surface area contributed by atoms with E-state index < -0.39 is 50.3 Å². The minimum Gasteiger partial charge on any atom is -0.478 e. The Hall–Kier alpha value is -10.7. The number of hydrogen-bond acceptors (Lipinski definition) is 14. The molecule has 0 amide bonds. The van der Waals surface area contributed by atoms with Crippen molar-refractivity contribution in [2.45, 2.75) is 20.9 Å². The highest BCUT2D eigenvalue weighted by Gasteiger charge is 2.32. The van der Waals surface area contributed by atoms with Crippen molar-refractivity contribution in [3.8, 4) is 80.5 Å². The van der Waals surface area contributed by atoms with Crippen molar-refractivity contribution in [3.05, 3.63) is 174 Å². The maximum absolute atomic E-state index is 14.7. The van der Waals surface area contributed by atoms with Crippen LogP contribution in [0, 0.1) is 29.8 Å². The number of fused-ring (bicyclic) bond motifs is 12. The fraction of sp³-hybridized carbons (Fsp3) is 0.152. The molecular weight excluding hydrogens is 1220 g/mol. The van der Waals surface area contributed by atoms with E-state index in [1.165, 1.54) is 94.0 Å². The van der Waals surface area contributed by atoms with Crippen LogP contribution in [0.2, 0.25) is 0 Å². The van der Waals surface area contributed by atoms with Crippen LogP contribution in [0.5, 0.6) is 11.5 Å². The second-order valence-electron chi connectivity index (χ2n) is 20.3.